The van der Waals surface area contributed by atoms with Crippen molar-refractivity contribution in [2.75, 3.05) is 26.6 Å². The fourth-order valence-electron chi connectivity index (χ4n) is 2.54. The summed E-state index contributed by atoms with van der Waals surface area (Å²) in [4.78, 5) is 11.8. The lowest BCUT2D eigenvalue weighted by Gasteiger charge is -2.16. The Hall–Kier alpha value is -2.46. The van der Waals surface area contributed by atoms with Gasteiger partial charge >= 0.3 is 5.97 Å². The highest BCUT2D eigenvalue weighted by Gasteiger charge is 2.24. The third-order valence-electron chi connectivity index (χ3n) is 3.68. The summed E-state index contributed by atoms with van der Waals surface area (Å²) in [5.41, 5.74) is 0.603. The van der Waals surface area contributed by atoms with Gasteiger partial charge in [0.25, 0.3) is 0 Å². The molecule has 0 aliphatic rings. The monoisotopic (exact) mass is 467 g/mol. The molecule has 3 aromatic rings. The van der Waals surface area contributed by atoms with Crippen LogP contribution in [0.1, 0.15) is 6.92 Å². The third-order valence-corrected chi connectivity index (χ3v) is 5.01. The number of carbonyl (C=O) groups is 1. The van der Waals surface area contributed by atoms with Crippen molar-refractivity contribution in [1.82, 2.24) is 14.8 Å². The Labute approximate surface area is 174 Å². The number of thioether (sulfide) groups is 1. The molecule has 0 fully saturated rings. The number of rotatable bonds is 8. The predicted octanol–water partition coefficient (Wildman–Crippen LogP) is 3.96. The predicted molar refractivity (Wildman–Crippen MR) is 107 cm³/mol. The first-order valence-electron chi connectivity index (χ1n) is 8.30. The van der Waals surface area contributed by atoms with E-state index in [1.165, 1.54) is 11.8 Å². The summed E-state index contributed by atoms with van der Waals surface area (Å²) in [6, 6.07) is 8.96. The number of esters is 1. The van der Waals surface area contributed by atoms with E-state index in [1.807, 2.05) is 6.07 Å². The molecule has 2 heterocycles. The second kappa shape index (κ2) is 9.16. The van der Waals surface area contributed by atoms with Gasteiger partial charge in [0.15, 0.2) is 15.6 Å². The molecular weight excluding hydrogens is 450 g/mol. The van der Waals surface area contributed by atoms with Crippen LogP contribution in [-0.4, -0.2) is 47.3 Å². The van der Waals surface area contributed by atoms with Crippen LogP contribution in [0.5, 0.6) is 11.5 Å². The topological polar surface area (TPSA) is 88.6 Å². The minimum Gasteiger partial charge on any atom is -0.494 e. The highest BCUT2D eigenvalue weighted by Crippen LogP contribution is 2.38. The maximum Gasteiger partial charge on any atom is 0.316 e. The van der Waals surface area contributed by atoms with Crippen LogP contribution in [-0.2, 0) is 9.53 Å². The van der Waals surface area contributed by atoms with Crippen molar-refractivity contribution in [2.24, 2.45) is 0 Å². The molecule has 3 rings (SSSR count). The fourth-order valence-corrected chi connectivity index (χ4v) is 3.58. The minimum atomic E-state index is -0.337. The zero-order valence-electron chi connectivity index (χ0n) is 15.5. The van der Waals surface area contributed by atoms with Crippen molar-refractivity contribution in [3.8, 4) is 28.8 Å². The molecule has 1 aromatic carbocycles. The van der Waals surface area contributed by atoms with Crippen LogP contribution < -0.4 is 9.47 Å². The molecule has 0 atom stereocenters. The summed E-state index contributed by atoms with van der Waals surface area (Å²) < 4.78 is 24.0. The molecular formula is C18H18BrN3O5S. The summed E-state index contributed by atoms with van der Waals surface area (Å²) in [5.74, 6) is 1.81. The van der Waals surface area contributed by atoms with E-state index in [4.69, 9.17) is 18.6 Å². The number of hydrogen-bond donors (Lipinski definition) is 0. The fraction of sp³-hybridized carbons (Fsp3) is 0.278. The van der Waals surface area contributed by atoms with Gasteiger partial charge in [0.2, 0.25) is 5.82 Å². The van der Waals surface area contributed by atoms with E-state index >= 15 is 0 Å². The Morgan fingerprint density at radius 3 is 2.46 bits per heavy atom. The Balaban J connectivity index is 2.14. The molecule has 10 heteroatoms. The van der Waals surface area contributed by atoms with Gasteiger partial charge < -0.3 is 18.6 Å². The van der Waals surface area contributed by atoms with E-state index in [9.17, 15) is 4.79 Å². The van der Waals surface area contributed by atoms with Gasteiger partial charge in [-0.3, -0.25) is 9.36 Å². The molecule has 0 radical (unpaired) electrons. The van der Waals surface area contributed by atoms with Gasteiger partial charge in [0.1, 0.15) is 17.2 Å². The molecule has 0 saturated carbocycles. The number of furan rings is 1. The van der Waals surface area contributed by atoms with Crippen molar-refractivity contribution in [3.05, 3.63) is 35.0 Å². The van der Waals surface area contributed by atoms with Crippen LogP contribution in [0.4, 0.5) is 0 Å². The summed E-state index contributed by atoms with van der Waals surface area (Å²) in [7, 11) is 3.13. The van der Waals surface area contributed by atoms with Crippen LogP contribution in [0.3, 0.4) is 0 Å². The zero-order chi connectivity index (χ0) is 20.1. The van der Waals surface area contributed by atoms with Crippen molar-refractivity contribution in [3.63, 3.8) is 0 Å². The minimum absolute atomic E-state index is 0.0886. The molecule has 0 amide bonds. The third kappa shape index (κ3) is 4.17. The number of para-hydroxylation sites is 1. The van der Waals surface area contributed by atoms with Crippen LogP contribution in [0, 0.1) is 0 Å². The number of ether oxygens (including phenoxy) is 3. The number of carbonyl (C=O) groups excluding carboxylic acids is 1. The van der Waals surface area contributed by atoms with Gasteiger partial charge in [-0.05, 0) is 47.1 Å². The van der Waals surface area contributed by atoms with Crippen LogP contribution in [0.2, 0.25) is 0 Å². The van der Waals surface area contributed by atoms with E-state index in [-0.39, 0.29) is 11.7 Å². The van der Waals surface area contributed by atoms with Gasteiger partial charge in [0, 0.05) is 0 Å². The highest BCUT2D eigenvalue weighted by atomic mass is 79.9. The molecule has 2 aromatic heterocycles. The van der Waals surface area contributed by atoms with Gasteiger partial charge in [-0.2, -0.15) is 0 Å². The molecule has 0 spiro atoms. The van der Waals surface area contributed by atoms with E-state index < -0.39 is 0 Å². The number of halogens is 1. The van der Waals surface area contributed by atoms with Crippen molar-refractivity contribution >= 4 is 33.7 Å². The highest BCUT2D eigenvalue weighted by molar-refractivity contribution is 9.10. The lowest BCUT2D eigenvalue weighted by molar-refractivity contribution is -0.139. The number of methoxy groups -OCH3 is 2. The molecule has 0 unspecified atom stereocenters. The van der Waals surface area contributed by atoms with Crippen molar-refractivity contribution < 1.29 is 23.4 Å². The normalized spacial score (nSPS) is 10.7. The Morgan fingerprint density at radius 2 is 1.89 bits per heavy atom. The number of hydrogen-bond acceptors (Lipinski definition) is 8. The SMILES string of the molecule is CCOC(=O)CSc1nnc(-c2ccc(Br)o2)n1-c1c(OC)cccc1OC. The van der Waals surface area contributed by atoms with Crippen molar-refractivity contribution in [1.29, 1.82) is 0 Å². The van der Waals surface area contributed by atoms with E-state index in [0.717, 1.165) is 0 Å². The standard InChI is InChI=1S/C18H18BrN3O5S/c1-4-26-15(23)10-28-18-21-20-17(13-8-9-14(19)27-13)22(18)16-11(24-2)6-5-7-12(16)25-3/h5-9H,4,10H2,1-3H3. The van der Waals surface area contributed by atoms with Gasteiger partial charge in [-0.15, -0.1) is 10.2 Å². The van der Waals surface area contributed by atoms with Gasteiger partial charge in [0.05, 0.1) is 26.6 Å². The lowest BCUT2D eigenvalue weighted by atomic mass is 10.2. The van der Waals surface area contributed by atoms with Gasteiger partial charge in [-0.1, -0.05) is 17.8 Å². The van der Waals surface area contributed by atoms with Crippen LogP contribution >= 0.6 is 27.7 Å². The molecule has 0 aliphatic heterocycles. The Kier molecular flexibility index (Phi) is 6.63. The van der Waals surface area contributed by atoms with Gasteiger partial charge in [-0.25, -0.2) is 0 Å². The molecule has 28 heavy (non-hydrogen) atoms. The molecule has 0 aliphatic carbocycles. The second-order valence-electron chi connectivity index (χ2n) is 5.35. The first kappa shape index (κ1) is 20.3. The first-order valence-corrected chi connectivity index (χ1v) is 10.1. The number of aromatic nitrogens is 3. The molecule has 0 bridgehead atoms. The largest absolute Gasteiger partial charge is 0.494 e. The molecule has 8 nitrogen and oxygen atoms in total. The van der Waals surface area contributed by atoms with Crippen molar-refractivity contribution in [2.45, 2.75) is 12.1 Å². The molecule has 0 N–H and O–H groups in total. The summed E-state index contributed by atoms with van der Waals surface area (Å²) in [6.07, 6.45) is 0. The Bertz CT molecular complexity index is 950. The Morgan fingerprint density at radius 1 is 1.18 bits per heavy atom. The quantitative estimate of drug-likeness (QED) is 0.363. The van der Waals surface area contributed by atoms with E-state index in [1.54, 1.807) is 50.0 Å². The van der Waals surface area contributed by atoms with Crippen LogP contribution in [0.25, 0.3) is 17.3 Å². The lowest BCUT2D eigenvalue weighted by Crippen LogP contribution is -2.09. The van der Waals surface area contributed by atoms with E-state index in [2.05, 4.69) is 26.1 Å². The summed E-state index contributed by atoms with van der Waals surface area (Å²) >= 11 is 4.50. The summed E-state index contributed by atoms with van der Waals surface area (Å²) in [5, 5.41) is 8.98. The summed E-state index contributed by atoms with van der Waals surface area (Å²) in [6.45, 7) is 2.08. The number of benzene rings is 1. The average Bonchev–Trinajstić information content (AvgIpc) is 3.31. The second-order valence-corrected chi connectivity index (χ2v) is 7.07. The maximum absolute atomic E-state index is 11.8. The first-order chi connectivity index (χ1) is 13.6. The smallest absolute Gasteiger partial charge is 0.316 e. The molecule has 148 valence electrons. The number of nitrogens with zero attached hydrogens (tertiary/aromatic N) is 3. The average molecular weight is 468 g/mol. The molecule has 0 saturated heterocycles. The maximum atomic E-state index is 11.8. The van der Waals surface area contributed by atoms with E-state index in [0.29, 0.717) is 45.2 Å². The zero-order valence-corrected chi connectivity index (χ0v) is 17.9. The van der Waals surface area contributed by atoms with Crippen LogP contribution in [0.15, 0.2) is 44.6 Å².